The van der Waals surface area contributed by atoms with E-state index in [-0.39, 0.29) is 11.9 Å². The molecule has 1 unspecified atom stereocenters. The fourth-order valence-corrected chi connectivity index (χ4v) is 2.02. The minimum atomic E-state index is -0.170. The lowest BCUT2D eigenvalue weighted by molar-refractivity contribution is 0.0932. The number of nitrogens with one attached hydrogen (secondary N) is 2. The third kappa shape index (κ3) is 2.85. The van der Waals surface area contributed by atoms with Crippen LogP contribution in [-0.4, -0.2) is 17.4 Å². The number of H-pyrrole nitrogens is 1. The van der Waals surface area contributed by atoms with E-state index in [1.807, 2.05) is 50.4 Å². The lowest BCUT2D eigenvalue weighted by Crippen LogP contribution is -2.33. The van der Waals surface area contributed by atoms with Gasteiger partial charge in [0.25, 0.3) is 5.91 Å². The molecular weight excluding hydrogens is 238 g/mol. The van der Waals surface area contributed by atoms with Gasteiger partial charge in [0.2, 0.25) is 0 Å². The van der Waals surface area contributed by atoms with Crippen molar-refractivity contribution in [2.45, 2.75) is 19.9 Å². The Morgan fingerprint density at radius 2 is 2.00 bits per heavy atom. The van der Waals surface area contributed by atoms with Gasteiger partial charge in [-0.1, -0.05) is 30.3 Å². The van der Waals surface area contributed by atoms with Gasteiger partial charge in [0.15, 0.2) is 0 Å². The summed E-state index contributed by atoms with van der Waals surface area (Å²) in [5.74, 6) is -0.120. The maximum absolute atomic E-state index is 12.2. The Morgan fingerprint density at radius 1 is 1.32 bits per heavy atom. The predicted octanol–water partition coefficient (Wildman–Crippen LogP) is 2.06. The van der Waals surface area contributed by atoms with E-state index in [2.05, 4.69) is 10.3 Å². The minimum absolute atomic E-state index is 0.120. The lowest BCUT2D eigenvalue weighted by Gasteiger charge is -2.17. The molecule has 4 nitrogen and oxygen atoms in total. The van der Waals surface area contributed by atoms with Crippen molar-refractivity contribution in [3.8, 4) is 0 Å². The molecule has 1 aromatic heterocycles. The lowest BCUT2D eigenvalue weighted by atomic mass is 10.1. The van der Waals surface area contributed by atoms with Crippen molar-refractivity contribution < 1.29 is 4.79 Å². The molecule has 1 atom stereocenters. The van der Waals surface area contributed by atoms with E-state index < -0.39 is 0 Å². The molecule has 0 aliphatic carbocycles. The molecule has 0 saturated heterocycles. The molecule has 100 valence electrons. The van der Waals surface area contributed by atoms with Crippen LogP contribution in [0.3, 0.4) is 0 Å². The number of nitrogens with two attached hydrogens (primary N) is 1. The second kappa shape index (κ2) is 5.71. The summed E-state index contributed by atoms with van der Waals surface area (Å²) in [6.07, 6.45) is 1.84. The predicted molar refractivity (Wildman–Crippen MR) is 76.0 cm³/mol. The van der Waals surface area contributed by atoms with E-state index in [0.717, 1.165) is 16.7 Å². The maximum atomic E-state index is 12.2. The zero-order valence-corrected chi connectivity index (χ0v) is 11.2. The standard InChI is InChI=1S/C15H19N3O/c1-10-9-17-14(11(10)2)15(19)18-13(8-16)12-6-4-3-5-7-12/h3-7,9,13,17H,8,16H2,1-2H3,(H,18,19). The van der Waals surface area contributed by atoms with Crippen LogP contribution in [0, 0.1) is 13.8 Å². The van der Waals surface area contributed by atoms with Gasteiger partial charge >= 0.3 is 0 Å². The molecular formula is C15H19N3O. The Hall–Kier alpha value is -2.07. The number of rotatable bonds is 4. The molecule has 0 aliphatic heterocycles. The number of aryl methyl sites for hydroxylation is 1. The molecule has 1 aromatic carbocycles. The summed E-state index contributed by atoms with van der Waals surface area (Å²) in [4.78, 5) is 15.2. The van der Waals surface area contributed by atoms with E-state index in [4.69, 9.17) is 5.73 Å². The largest absolute Gasteiger partial charge is 0.357 e. The fraction of sp³-hybridized carbons (Fsp3) is 0.267. The first-order valence-corrected chi connectivity index (χ1v) is 6.34. The fourth-order valence-electron chi connectivity index (χ4n) is 2.02. The van der Waals surface area contributed by atoms with Gasteiger partial charge in [0, 0.05) is 12.7 Å². The molecule has 0 bridgehead atoms. The first-order chi connectivity index (χ1) is 9.13. The molecule has 0 radical (unpaired) electrons. The molecule has 0 saturated carbocycles. The third-order valence-corrected chi connectivity index (χ3v) is 3.37. The van der Waals surface area contributed by atoms with Gasteiger partial charge in [-0.25, -0.2) is 0 Å². The zero-order chi connectivity index (χ0) is 13.8. The maximum Gasteiger partial charge on any atom is 0.268 e. The van der Waals surface area contributed by atoms with Crippen molar-refractivity contribution >= 4 is 5.91 Å². The van der Waals surface area contributed by atoms with Crippen LogP contribution in [0.4, 0.5) is 0 Å². The Bertz CT molecular complexity index is 560. The van der Waals surface area contributed by atoms with Crippen molar-refractivity contribution in [1.29, 1.82) is 0 Å². The summed E-state index contributed by atoms with van der Waals surface area (Å²) in [6.45, 7) is 4.27. The zero-order valence-electron chi connectivity index (χ0n) is 11.2. The number of benzene rings is 1. The van der Waals surface area contributed by atoms with E-state index in [9.17, 15) is 4.79 Å². The van der Waals surface area contributed by atoms with Crippen molar-refractivity contribution in [1.82, 2.24) is 10.3 Å². The van der Waals surface area contributed by atoms with Crippen LogP contribution in [0.1, 0.15) is 33.2 Å². The highest BCUT2D eigenvalue weighted by molar-refractivity contribution is 5.94. The van der Waals surface area contributed by atoms with Crippen LogP contribution in [0.15, 0.2) is 36.5 Å². The third-order valence-electron chi connectivity index (χ3n) is 3.37. The molecule has 4 heteroatoms. The Labute approximate surface area is 113 Å². The summed E-state index contributed by atoms with van der Waals surface area (Å²) < 4.78 is 0. The number of carbonyl (C=O) groups excluding carboxylic acids is 1. The van der Waals surface area contributed by atoms with Gasteiger partial charge in [0.1, 0.15) is 5.69 Å². The van der Waals surface area contributed by atoms with Gasteiger partial charge in [-0.05, 0) is 30.5 Å². The highest BCUT2D eigenvalue weighted by Gasteiger charge is 2.17. The number of aromatic nitrogens is 1. The van der Waals surface area contributed by atoms with E-state index >= 15 is 0 Å². The summed E-state index contributed by atoms with van der Waals surface area (Å²) >= 11 is 0. The summed E-state index contributed by atoms with van der Waals surface area (Å²) in [7, 11) is 0. The van der Waals surface area contributed by atoms with Crippen molar-refractivity contribution in [3.63, 3.8) is 0 Å². The molecule has 2 rings (SSSR count). The van der Waals surface area contributed by atoms with Crippen LogP contribution in [-0.2, 0) is 0 Å². The number of hydrogen-bond donors (Lipinski definition) is 3. The highest BCUT2D eigenvalue weighted by Crippen LogP contribution is 2.15. The quantitative estimate of drug-likeness (QED) is 0.784. The van der Waals surface area contributed by atoms with Crippen molar-refractivity contribution in [2.75, 3.05) is 6.54 Å². The molecule has 0 spiro atoms. The monoisotopic (exact) mass is 257 g/mol. The molecule has 19 heavy (non-hydrogen) atoms. The molecule has 1 heterocycles. The van der Waals surface area contributed by atoms with Gasteiger partial charge in [-0.2, -0.15) is 0 Å². The van der Waals surface area contributed by atoms with Gasteiger partial charge in [-0.15, -0.1) is 0 Å². The molecule has 2 aromatic rings. The van der Waals surface area contributed by atoms with E-state index in [0.29, 0.717) is 12.2 Å². The van der Waals surface area contributed by atoms with Crippen LogP contribution >= 0.6 is 0 Å². The first kappa shape index (κ1) is 13.4. The Balaban J connectivity index is 2.15. The van der Waals surface area contributed by atoms with Crippen molar-refractivity contribution in [3.05, 3.63) is 58.9 Å². The molecule has 0 aliphatic rings. The number of hydrogen-bond acceptors (Lipinski definition) is 2. The Morgan fingerprint density at radius 3 is 2.53 bits per heavy atom. The SMILES string of the molecule is Cc1c[nH]c(C(=O)NC(CN)c2ccccc2)c1C. The number of amides is 1. The van der Waals surface area contributed by atoms with Crippen LogP contribution < -0.4 is 11.1 Å². The van der Waals surface area contributed by atoms with Crippen LogP contribution in [0.2, 0.25) is 0 Å². The van der Waals surface area contributed by atoms with Crippen LogP contribution in [0.25, 0.3) is 0 Å². The molecule has 4 N–H and O–H groups in total. The average molecular weight is 257 g/mol. The minimum Gasteiger partial charge on any atom is -0.357 e. The van der Waals surface area contributed by atoms with Crippen LogP contribution in [0.5, 0.6) is 0 Å². The smallest absolute Gasteiger partial charge is 0.268 e. The average Bonchev–Trinajstić information content (AvgIpc) is 2.77. The highest BCUT2D eigenvalue weighted by atomic mass is 16.1. The molecule has 0 fully saturated rings. The van der Waals surface area contributed by atoms with E-state index in [1.165, 1.54) is 0 Å². The topological polar surface area (TPSA) is 70.9 Å². The van der Waals surface area contributed by atoms with Crippen molar-refractivity contribution in [2.24, 2.45) is 5.73 Å². The van der Waals surface area contributed by atoms with Gasteiger partial charge in [0.05, 0.1) is 6.04 Å². The number of aromatic amines is 1. The van der Waals surface area contributed by atoms with E-state index in [1.54, 1.807) is 0 Å². The summed E-state index contributed by atoms with van der Waals surface area (Å²) in [5.41, 5.74) is 9.42. The summed E-state index contributed by atoms with van der Waals surface area (Å²) in [6, 6.07) is 9.58. The number of carbonyl (C=O) groups is 1. The second-order valence-electron chi connectivity index (χ2n) is 4.64. The summed E-state index contributed by atoms with van der Waals surface area (Å²) in [5, 5.41) is 2.96. The van der Waals surface area contributed by atoms with Gasteiger partial charge < -0.3 is 16.0 Å². The van der Waals surface area contributed by atoms with Gasteiger partial charge in [-0.3, -0.25) is 4.79 Å². The first-order valence-electron chi connectivity index (χ1n) is 6.34. The normalized spacial score (nSPS) is 12.2. The molecule has 1 amide bonds. The Kier molecular flexibility index (Phi) is 4.02. The second-order valence-corrected chi connectivity index (χ2v) is 4.64.